The number of nitrogens with two attached hydrogens (primary N) is 1. The van der Waals surface area contributed by atoms with Crippen molar-refractivity contribution >= 4 is 21.6 Å². The number of fused-ring (bicyclic) bond motifs is 2. The maximum absolute atomic E-state index is 14.0. The molecule has 2 aromatic heterocycles. The monoisotopic (exact) mass is 428 g/mol. The van der Waals surface area contributed by atoms with Gasteiger partial charge >= 0.3 is 12.1 Å². The highest BCUT2D eigenvalue weighted by Crippen LogP contribution is 2.36. The van der Waals surface area contributed by atoms with Crippen molar-refractivity contribution in [1.29, 1.82) is 0 Å². The predicted octanol–water partition coefficient (Wildman–Crippen LogP) is 2.90. The molecule has 0 fully saturated rings. The number of pyridine rings is 1. The Labute approximate surface area is 165 Å². The molecular weight excluding hydrogens is 409 g/mol. The number of aromatic nitrogens is 3. The van der Waals surface area contributed by atoms with Crippen LogP contribution < -0.4 is 10.5 Å². The van der Waals surface area contributed by atoms with Gasteiger partial charge in [0.1, 0.15) is 0 Å². The van der Waals surface area contributed by atoms with Crippen LogP contribution in [0.1, 0.15) is 42.3 Å². The smallest absolute Gasteiger partial charge is 0.305 e. The highest BCUT2D eigenvalue weighted by Gasteiger charge is 2.31. The summed E-state index contributed by atoms with van der Waals surface area (Å²) in [4.78, 5) is 17.1. The van der Waals surface area contributed by atoms with Gasteiger partial charge in [0, 0.05) is 18.3 Å². The summed E-state index contributed by atoms with van der Waals surface area (Å²) in [5.41, 5.74) is 4.27. The standard InChI is InChI=1S/C17H19F3N6O2S/c1-17(19,20)26-8-11(18)15(24-26)29(21,28)25-16(27)23-14-9-4-2-6-12(9)22-13-7-3-5-10(13)14/h8H,2-7H2,1H3,(H3,21,22,23,25,27,28)/t29-/m1/s1. The van der Waals surface area contributed by atoms with Crippen LogP contribution >= 0.6 is 0 Å². The van der Waals surface area contributed by atoms with E-state index in [0.29, 0.717) is 18.8 Å². The molecule has 4 rings (SSSR count). The fourth-order valence-electron chi connectivity index (χ4n) is 3.77. The SMILES string of the molecule is CC(F)(F)n1cc(F)c([S@](N)(=O)=NC(=O)Nc2c3c(nc4c2CCC4)CCC3)n1. The molecule has 29 heavy (non-hydrogen) atoms. The van der Waals surface area contributed by atoms with Crippen molar-refractivity contribution in [3.63, 3.8) is 0 Å². The summed E-state index contributed by atoms with van der Waals surface area (Å²) >= 11 is 0. The van der Waals surface area contributed by atoms with Crippen molar-refractivity contribution in [2.75, 3.05) is 5.32 Å². The van der Waals surface area contributed by atoms with E-state index in [1.807, 2.05) is 0 Å². The number of hydrogen-bond donors (Lipinski definition) is 2. The van der Waals surface area contributed by atoms with Crippen molar-refractivity contribution in [1.82, 2.24) is 14.8 Å². The van der Waals surface area contributed by atoms with E-state index in [1.165, 1.54) is 0 Å². The number of urea groups is 1. The van der Waals surface area contributed by atoms with Crippen LogP contribution in [0.15, 0.2) is 15.6 Å². The fourth-order valence-corrected chi connectivity index (χ4v) is 4.68. The van der Waals surface area contributed by atoms with Crippen molar-refractivity contribution in [2.24, 2.45) is 9.50 Å². The van der Waals surface area contributed by atoms with E-state index in [2.05, 4.69) is 19.8 Å². The lowest BCUT2D eigenvalue weighted by Gasteiger charge is -2.14. The number of hydrogen-bond acceptors (Lipinski definition) is 4. The summed E-state index contributed by atoms with van der Waals surface area (Å²) in [6, 6.07) is -4.58. The van der Waals surface area contributed by atoms with Gasteiger partial charge in [-0.15, -0.1) is 4.36 Å². The number of aryl methyl sites for hydroxylation is 2. The maximum Gasteiger partial charge on any atom is 0.354 e. The second-order valence-electron chi connectivity index (χ2n) is 7.20. The third-order valence-electron chi connectivity index (χ3n) is 5.02. The Morgan fingerprint density at radius 3 is 2.34 bits per heavy atom. The van der Waals surface area contributed by atoms with E-state index in [9.17, 15) is 22.2 Å². The number of amides is 2. The number of carbonyl (C=O) groups excluding carboxylic acids is 1. The lowest BCUT2D eigenvalue weighted by atomic mass is 10.1. The van der Waals surface area contributed by atoms with Crippen LogP contribution in [0.2, 0.25) is 0 Å². The Balaban J connectivity index is 1.68. The maximum atomic E-state index is 14.0. The molecule has 2 amide bonds. The first-order chi connectivity index (χ1) is 13.6. The van der Waals surface area contributed by atoms with E-state index in [4.69, 9.17) is 5.14 Å². The first-order valence-corrected chi connectivity index (χ1v) is 10.7. The molecule has 1 atom stereocenters. The van der Waals surface area contributed by atoms with E-state index in [-0.39, 0.29) is 4.68 Å². The van der Waals surface area contributed by atoms with Gasteiger partial charge in [-0.1, -0.05) is 0 Å². The molecule has 0 unspecified atom stereocenters. The number of carbonyl (C=O) groups is 1. The molecule has 2 aliphatic carbocycles. The van der Waals surface area contributed by atoms with Crippen molar-refractivity contribution in [2.45, 2.75) is 56.5 Å². The van der Waals surface area contributed by atoms with E-state index >= 15 is 0 Å². The highest BCUT2D eigenvalue weighted by atomic mass is 32.2. The first-order valence-electron chi connectivity index (χ1n) is 9.09. The second kappa shape index (κ2) is 6.80. The quantitative estimate of drug-likeness (QED) is 0.782. The van der Waals surface area contributed by atoms with Gasteiger partial charge in [0.05, 0.1) is 11.9 Å². The van der Waals surface area contributed by atoms with Gasteiger partial charge in [-0.25, -0.2) is 23.2 Å². The van der Waals surface area contributed by atoms with Gasteiger partial charge in [0.15, 0.2) is 15.7 Å². The Morgan fingerprint density at radius 1 is 1.24 bits per heavy atom. The van der Waals surface area contributed by atoms with E-state index in [1.54, 1.807) is 0 Å². The number of anilines is 1. The molecule has 2 heterocycles. The Hall–Kier alpha value is -2.47. The molecule has 2 aliphatic rings. The van der Waals surface area contributed by atoms with Crippen molar-refractivity contribution in [3.05, 3.63) is 34.5 Å². The van der Waals surface area contributed by atoms with Crippen molar-refractivity contribution in [3.8, 4) is 0 Å². The summed E-state index contributed by atoms with van der Waals surface area (Å²) in [5.74, 6) is -1.33. The zero-order valence-corrected chi connectivity index (χ0v) is 16.4. The molecule has 0 saturated heterocycles. The lowest BCUT2D eigenvalue weighted by molar-refractivity contribution is -0.0733. The molecule has 3 N–H and O–H groups in total. The Morgan fingerprint density at radius 2 is 1.83 bits per heavy atom. The minimum absolute atomic E-state index is 0.0137. The number of halogens is 3. The Bertz CT molecular complexity index is 1100. The molecule has 8 nitrogen and oxygen atoms in total. The minimum atomic E-state index is -4.17. The third kappa shape index (κ3) is 3.62. The van der Waals surface area contributed by atoms with Crippen LogP contribution in [-0.4, -0.2) is 25.0 Å². The lowest BCUT2D eigenvalue weighted by Crippen LogP contribution is -2.22. The van der Waals surface area contributed by atoms with Gasteiger partial charge in [-0.05, 0) is 49.7 Å². The van der Waals surface area contributed by atoms with Crippen LogP contribution in [0.25, 0.3) is 0 Å². The average Bonchev–Trinajstić information content (AvgIpc) is 3.31. The Kier molecular flexibility index (Phi) is 4.65. The molecule has 156 valence electrons. The van der Waals surface area contributed by atoms with Gasteiger partial charge in [-0.2, -0.15) is 13.9 Å². The summed E-state index contributed by atoms with van der Waals surface area (Å²) in [5, 5.41) is 10.4. The zero-order chi connectivity index (χ0) is 21.0. The third-order valence-corrected chi connectivity index (χ3v) is 6.29. The van der Waals surface area contributed by atoms with Gasteiger partial charge in [0.25, 0.3) is 0 Å². The summed E-state index contributed by atoms with van der Waals surface area (Å²) in [7, 11) is -4.17. The van der Waals surface area contributed by atoms with Gasteiger partial charge in [-0.3, -0.25) is 4.98 Å². The predicted molar refractivity (Wildman–Crippen MR) is 98.4 cm³/mol. The van der Waals surface area contributed by atoms with Crippen molar-refractivity contribution < 1.29 is 22.2 Å². The van der Waals surface area contributed by atoms with Crippen LogP contribution in [0, 0.1) is 5.82 Å². The number of alkyl halides is 2. The van der Waals surface area contributed by atoms with Crippen LogP contribution in [0.4, 0.5) is 23.7 Å². The van der Waals surface area contributed by atoms with Gasteiger partial charge in [0.2, 0.25) is 5.03 Å². The first kappa shape index (κ1) is 19.8. The van der Waals surface area contributed by atoms with Crippen LogP contribution in [0.5, 0.6) is 0 Å². The number of nitrogens with one attached hydrogen (secondary N) is 1. The van der Waals surface area contributed by atoms with E-state index < -0.39 is 32.8 Å². The van der Waals surface area contributed by atoms with Gasteiger partial charge < -0.3 is 5.32 Å². The van der Waals surface area contributed by atoms with Crippen LogP contribution in [0.3, 0.4) is 0 Å². The normalized spacial score (nSPS) is 17.6. The average molecular weight is 428 g/mol. The highest BCUT2D eigenvalue weighted by molar-refractivity contribution is 7.91. The number of rotatable bonds is 3. The second-order valence-corrected chi connectivity index (χ2v) is 8.91. The molecule has 0 aromatic carbocycles. The molecular formula is C17H19F3N6O2S. The summed E-state index contributed by atoms with van der Waals surface area (Å²) < 4.78 is 56.6. The minimum Gasteiger partial charge on any atom is -0.305 e. The number of nitrogens with zero attached hydrogens (tertiary/aromatic N) is 4. The topological polar surface area (TPSA) is 115 Å². The fraction of sp³-hybridized carbons (Fsp3) is 0.471. The molecule has 0 spiro atoms. The van der Waals surface area contributed by atoms with E-state index in [0.717, 1.165) is 61.0 Å². The summed E-state index contributed by atoms with van der Waals surface area (Å²) in [6.45, 7) is 0.482. The summed E-state index contributed by atoms with van der Waals surface area (Å²) in [6.07, 6.45) is 5.29. The molecule has 0 aliphatic heterocycles. The molecule has 0 radical (unpaired) electrons. The molecule has 0 bridgehead atoms. The zero-order valence-electron chi connectivity index (χ0n) is 15.5. The molecule has 12 heteroatoms. The largest absolute Gasteiger partial charge is 0.354 e. The molecule has 0 saturated carbocycles. The molecule has 2 aromatic rings. The van der Waals surface area contributed by atoms with Crippen LogP contribution in [-0.2, 0) is 41.6 Å².